The third kappa shape index (κ3) is 3.96. The first-order valence-electron chi connectivity index (χ1n) is 10.8. The topological polar surface area (TPSA) is 77.5 Å². The summed E-state index contributed by atoms with van der Waals surface area (Å²) in [5.74, 6) is -2.08. The Hall–Kier alpha value is -4.35. The smallest absolute Gasteiger partial charge is 0.340 e. The maximum Gasteiger partial charge on any atom is 0.340 e. The zero-order valence-electron chi connectivity index (χ0n) is 18.2. The van der Waals surface area contributed by atoms with Gasteiger partial charge in [0.25, 0.3) is 0 Å². The van der Waals surface area contributed by atoms with Crippen LogP contribution in [0.25, 0.3) is 0 Å². The van der Waals surface area contributed by atoms with Crippen LogP contribution in [0.4, 0.5) is 0 Å². The summed E-state index contributed by atoms with van der Waals surface area (Å²) in [5.41, 5.74) is 1.35. The molecule has 0 unspecified atom stereocenters. The van der Waals surface area contributed by atoms with Gasteiger partial charge in [0.2, 0.25) is 5.78 Å². The highest BCUT2D eigenvalue weighted by molar-refractivity contribution is 6.41. The average molecular weight is 481 g/mol. The third-order valence-electron chi connectivity index (χ3n) is 5.87. The lowest BCUT2D eigenvalue weighted by molar-refractivity contribution is 0.0280. The molecule has 5 rings (SSSR count). The molecule has 0 radical (unpaired) electrons. The number of esters is 1. The lowest BCUT2D eigenvalue weighted by atomic mass is 9.83. The largest absolute Gasteiger partial charge is 0.445 e. The van der Waals surface area contributed by atoms with E-state index in [9.17, 15) is 19.2 Å². The Balaban J connectivity index is 1.53. The molecule has 0 fully saturated rings. The van der Waals surface area contributed by atoms with Crippen molar-refractivity contribution in [3.05, 3.63) is 141 Å². The van der Waals surface area contributed by atoms with Crippen molar-refractivity contribution in [2.75, 3.05) is 0 Å². The second kappa shape index (κ2) is 9.12. The number of fused-ring (bicyclic) bond motifs is 2. The molecule has 0 saturated carbocycles. The third-order valence-corrected chi connectivity index (χ3v) is 6.27. The minimum atomic E-state index is -1.23. The van der Waals surface area contributed by atoms with Crippen LogP contribution >= 0.6 is 11.6 Å². The first kappa shape index (κ1) is 22.4. The quantitative estimate of drug-likeness (QED) is 0.231. The van der Waals surface area contributed by atoms with E-state index >= 15 is 0 Å². The predicted octanol–water partition coefficient (Wildman–Crippen LogP) is 5.90. The Labute approximate surface area is 205 Å². The van der Waals surface area contributed by atoms with Crippen LogP contribution in [0.2, 0.25) is 5.02 Å². The molecule has 0 saturated heterocycles. The zero-order valence-corrected chi connectivity index (χ0v) is 19.0. The molecule has 0 heterocycles. The number of carbonyl (C=O) groups excluding carboxylic acids is 4. The van der Waals surface area contributed by atoms with Crippen molar-refractivity contribution in [3.63, 3.8) is 0 Å². The van der Waals surface area contributed by atoms with Crippen LogP contribution in [0.5, 0.6) is 0 Å². The second-order valence-electron chi connectivity index (χ2n) is 7.98. The molecule has 4 aromatic carbocycles. The molecule has 5 nitrogen and oxygen atoms in total. The van der Waals surface area contributed by atoms with Gasteiger partial charge in [-0.2, -0.15) is 0 Å². The molecule has 0 aliphatic heterocycles. The van der Waals surface area contributed by atoms with Crippen molar-refractivity contribution in [3.8, 4) is 0 Å². The molecular weight excluding hydrogens is 464 g/mol. The highest BCUT2D eigenvalue weighted by Crippen LogP contribution is 2.35. The van der Waals surface area contributed by atoms with Crippen LogP contribution in [0, 0.1) is 0 Å². The Morgan fingerprint density at radius 2 is 1.23 bits per heavy atom. The average Bonchev–Trinajstić information content (AvgIpc) is 2.90. The van der Waals surface area contributed by atoms with E-state index in [1.807, 2.05) is 0 Å². The fourth-order valence-corrected chi connectivity index (χ4v) is 4.46. The fraction of sp³-hybridized carbons (Fsp3) is 0.0345. The van der Waals surface area contributed by atoms with E-state index < -0.39 is 23.6 Å². The van der Waals surface area contributed by atoms with Gasteiger partial charge in [-0.15, -0.1) is 0 Å². The molecular formula is C29H17ClO5. The fourth-order valence-electron chi connectivity index (χ4n) is 4.13. The van der Waals surface area contributed by atoms with Crippen molar-refractivity contribution >= 4 is 34.9 Å². The molecule has 0 N–H and O–H groups in total. The molecule has 0 spiro atoms. The number of Topliss-reactive ketones (excluding diaryl/α,β-unsaturated/α-hetero) is 1. The zero-order chi connectivity index (χ0) is 24.5. The van der Waals surface area contributed by atoms with Crippen molar-refractivity contribution in [1.82, 2.24) is 0 Å². The predicted molar refractivity (Wildman–Crippen MR) is 130 cm³/mol. The molecule has 4 aromatic rings. The summed E-state index contributed by atoms with van der Waals surface area (Å²) >= 11 is 6.52. The van der Waals surface area contributed by atoms with Crippen molar-refractivity contribution in [1.29, 1.82) is 0 Å². The molecule has 0 aromatic heterocycles. The lowest BCUT2D eigenvalue weighted by Crippen LogP contribution is -2.24. The first-order chi connectivity index (χ1) is 17.0. The number of halogens is 1. The number of carbonyl (C=O) groups is 4. The first-order valence-corrected chi connectivity index (χ1v) is 11.2. The van der Waals surface area contributed by atoms with Gasteiger partial charge in [0.1, 0.15) is 0 Å². The molecule has 6 heteroatoms. The molecule has 1 aliphatic carbocycles. The SMILES string of the molecule is O=C(O[C@@H](C(=O)c1ccccc1)c1ccccc1)c1ccc2c(c1Cl)C(=O)c1ccccc1C2=O. The number of benzene rings is 4. The highest BCUT2D eigenvalue weighted by Gasteiger charge is 2.34. The van der Waals surface area contributed by atoms with Crippen LogP contribution in [0.1, 0.15) is 64.2 Å². The van der Waals surface area contributed by atoms with E-state index in [1.165, 1.54) is 12.1 Å². The van der Waals surface area contributed by atoms with Crippen LogP contribution in [0.15, 0.2) is 97.1 Å². The van der Waals surface area contributed by atoms with Gasteiger partial charge in [0.05, 0.1) is 16.1 Å². The highest BCUT2D eigenvalue weighted by atomic mass is 35.5. The molecule has 35 heavy (non-hydrogen) atoms. The van der Waals surface area contributed by atoms with Gasteiger partial charge in [-0.05, 0) is 12.1 Å². The summed E-state index contributed by atoms with van der Waals surface area (Å²) in [4.78, 5) is 52.6. The van der Waals surface area contributed by atoms with Gasteiger partial charge < -0.3 is 4.74 Å². The van der Waals surface area contributed by atoms with Gasteiger partial charge >= 0.3 is 5.97 Å². The molecule has 170 valence electrons. The van der Waals surface area contributed by atoms with E-state index in [0.717, 1.165) is 0 Å². The number of hydrogen-bond donors (Lipinski definition) is 0. The second-order valence-corrected chi connectivity index (χ2v) is 8.36. The van der Waals surface area contributed by atoms with Gasteiger partial charge in [0.15, 0.2) is 17.7 Å². The minimum Gasteiger partial charge on any atom is -0.445 e. The molecule has 0 amide bonds. The maximum atomic E-state index is 13.3. The molecule has 1 atom stereocenters. The van der Waals surface area contributed by atoms with E-state index in [4.69, 9.17) is 16.3 Å². The Morgan fingerprint density at radius 1 is 0.657 bits per heavy atom. The van der Waals surface area contributed by atoms with Crippen LogP contribution in [-0.4, -0.2) is 23.3 Å². The summed E-state index contributed by atoms with van der Waals surface area (Å²) in [6.45, 7) is 0. The van der Waals surface area contributed by atoms with E-state index in [-0.39, 0.29) is 38.6 Å². The van der Waals surface area contributed by atoms with Gasteiger partial charge in [-0.25, -0.2) is 4.79 Å². The van der Waals surface area contributed by atoms with E-state index in [0.29, 0.717) is 11.1 Å². The standard InChI is InChI=1S/C29H17ClO5/c30-24-22(16-15-21-23(24)27(33)20-14-8-7-13-19(20)26(21)32)29(34)35-28(18-11-5-2-6-12-18)25(31)17-9-3-1-4-10-17/h1-16,28H/t28-/m1/s1. The number of ether oxygens (including phenoxy) is 1. The van der Waals surface area contributed by atoms with Crippen molar-refractivity contribution in [2.45, 2.75) is 6.10 Å². The Kier molecular flexibility index (Phi) is 5.85. The van der Waals surface area contributed by atoms with E-state index in [1.54, 1.807) is 84.9 Å². The molecule has 1 aliphatic rings. The molecule has 0 bridgehead atoms. The van der Waals surface area contributed by atoms with Crippen LogP contribution in [-0.2, 0) is 4.74 Å². The lowest BCUT2D eigenvalue weighted by Gasteiger charge is -2.21. The summed E-state index contributed by atoms with van der Waals surface area (Å²) in [6.07, 6.45) is -1.23. The van der Waals surface area contributed by atoms with Gasteiger partial charge in [-0.1, -0.05) is 96.5 Å². The summed E-state index contributed by atoms with van der Waals surface area (Å²) in [6, 6.07) is 26.3. The number of rotatable bonds is 5. The van der Waals surface area contributed by atoms with Crippen LogP contribution < -0.4 is 0 Å². The van der Waals surface area contributed by atoms with Gasteiger partial charge in [-0.3, -0.25) is 14.4 Å². The summed E-state index contributed by atoms with van der Waals surface area (Å²) in [7, 11) is 0. The van der Waals surface area contributed by atoms with Crippen LogP contribution in [0.3, 0.4) is 0 Å². The van der Waals surface area contributed by atoms with Gasteiger partial charge in [0, 0.05) is 27.8 Å². The number of hydrogen-bond acceptors (Lipinski definition) is 5. The maximum absolute atomic E-state index is 13.3. The monoisotopic (exact) mass is 480 g/mol. The Bertz CT molecular complexity index is 1490. The number of ketones is 3. The minimum absolute atomic E-state index is 0.0459. The van der Waals surface area contributed by atoms with Crippen molar-refractivity contribution in [2.24, 2.45) is 0 Å². The van der Waals surface area contributed by atoms with Crippen molar-refractivity contribution < 1.29 is 23.9 Å². The normalized spacial score (nSPS) is 12.9. The van der Waals surface area contributed by atoms with E-state index in [2.05, 4.69) is 0 Å². The summed E-state index contributed by atoms with van der Waals surface area (Å²) < 4.78 is 5.67. The Morgan fingerprint density at radius 3 is 1.89 bits per heavy atom. The summed E-state index contributed by atoms with van der Waals surface area (Å²) in [5, 5.41) is -0.181.